The van der Waals surface area contributed by atoms with Crippen LogP contribution < -0.4 is 19.7 Å². The SMILES string of the molecule is COc1cc(N2CCN(CC(=O)C3CC(Oc4ccc([C@@H]5c6ccc(C)cc6CC[C@@H]5c5ccccc5)cc4)C3)CC2)cc2c1C(=O)N(C1CCC(=O)NC1=O)C2. The molecule has 3 amide bonds. The fourth-order valence-corrected chi connectivity index (χ4v) is 9.80. The maximum atomic E-state index is 13.4. The Kier molecular flexibility index (Phi) is 10.1. The molecule has 1 saturated carbocycles. The van der Waals surface area contributed by atoms with Crippen LogP contribution in [-0.2, 0) is 27.3 Å². The third-order valence-corrected chi connectivity index (χ3v) is 13.0. The van der Waals surface area contributed by atoms with E-state index in [-0.39, 0.29) is 42.0 Å². The highest BCUT2D eigenvalue weighted by atomic mass is 16.5. The summed E-state index contributed by atoms with van der Waals surface area (Å²) in [7, 11) is 1.55. The number of ether oxygens (including phenoxy) is 2. The molecule has 4 aromatic carbocycles. The normalized spacial score (nSPS) is 24.7. The molecule has 1 unspecified atom stereocenters. The van der Waals surface area contributed by atoms with Crippen molar-refractivity contribution in [2.75, 3.05) is 44.7 Å². The van der Waals surface area contributed by atoms with Crippen molar-refractivity contribution in [2.45, 2.75) is 76.0 Å². The summed E-state index contributed by atoms with van der Waals surface area (Å²) >= 11 is 0. The largest absolute Gasteiger partial charge is 0.496 e. The monoisotopic (exact) mass is 766 g/mol. The summed E-state index contributed by atoms with van der Waals surface area (Å²) in [6, 6.07) is 29.8. The van der Waals surface area contributed by atoms with Gasteiger partial charge in [0.15, 0.2) is 0 Å². The number of hydrogen-bond donors (Lipinski definition) is 1. The molecule has 57 heavy (non-hydrogen) atoms. The number of hydrogen-bond acceptors (Lipinski definition) is 8. The van der Waals surface area contributed by atoms with Crippen molar-refractivity contribution in [1.82, 2.24) is 15.1 Å². The number of amides is 3. The Morgan fingerprint density at radius 2 is 1.60 bits per heavy atom. The van der Waals surface area contributed by atoms with E-state index in [9.17, 15) is 19.2 Å². The van der Waals surface area contributed by atoms with Crippen molar-refractivity contribution in [3.8, 4) is 11.5 Å². The molecule has 3 aliphatic heterocycles. The van der Waals surface area contributed by atoms with Gasteiger partial charge < -0.3 is 19.3 Å². The summed E-state index contributed by atoms with van der Waals surface area (Å²) in [6.07, 6.45) is 4.28. The van der Waals surface area contributed by atoms with Gasteiger partial charge in [0.2, 0.25) is 11.8 Å². The third kappa shape index (κ3) is 7.31. The minimum atomic E-state index is -0.676. The molecule has 0 spiro atoms. The molecule has 3 fully saturated rings. The van der Waals surface area contributed by atoms with Crippen LogP contribution in [0.2, 0.25) is 0 Å². The number of ketones is 1. The van der Waals surface area contributed by atoms with Gasteiger partial charge in [0.1, 0.15) is 29.4 Å². The second-order valence-corrected chi connectivity index (χ2v) is 16.5. The van der Waals surface area contributed by atoms with E-state index in [0.717, 1.165) is 68.9 Å². The van der Waals surface area contributed by atoms with Crippen molar-refractivity contribution >= 4 is 29.2 Å². The highest BCUT2D eigenvalue weighted by Gasteiger charge is 2.42. The zero-order chi connectivity index (χ0) is 39.2. The predicted molar refractivity (Wildman–Crippen MR) is 217 cm³/mol. The van der Waals surface area contributed by atoms with E-state index >= 15 is 0 Å². The van der Waals surface area contributed by atoms with Gasteiger partial charge in [-0.1, -0.05) is 66.2 Å². The van der Waals surface area contributed by atoms with Gasteiger partial charge in [-0.05, 0) is 91.0 Å². The number of nitrogens with zero attached hydrogens (tertiary/aromatic N) is 3. The summed E-state index contributed by atoms with van der Waals surface area (Å²) < 4.78 is 12.1. The molecule has 4 aromatic rings. The van der Waals surface area contributed by atoms with E-state index in [4.69, 9.17) is 9.47 Å². The predicted octanol–water partition coefficient (Wildman–Crippen LogP) is 6.18. The van der Waals surface area contributed by atoms with Gasteiger partial charge in [-0.15, -0.1) is 0 Å². The van der Waals surface area contributed by atoms with Crippen molar-refractivity contribution in [2.24, 2.45) is 5.92 Å². The first-order chi connectivity index (χ1) is 27.7. The summed E-state index contributed by atoms with van der Waals surface area (Å²) in [5.41, 5.74) is 9.15. The number of imide groups is 1. The molecular weight excluding hydrogens is 717 g/mol. The topological polar surface area (TPSA) is 108 Å². The van der Waals surface area contributed by atoms with Crippen LogP contribution >= 0.6 is 0 Å². The first kappa shape index (κ1) is 37.1. The second-order valence-electron chi connectivity index (χ2n) is 16.5. The Labute approximate surface area is 334 Å². The maximum Gasteiger partial charge on any atom is 0.258 e. The number of Topliss-reactive ketones (excluding diaryl/α,β-unsaturated/α-hetero) is 1. The summed E-state index contributed by atoms with van der Waals surface area (Å²) in [5.74, 6) is 1.37. The van der Waals surface area contributed by atoms with Gasteiger partial charge in [-0.2, -0.15) is 0 Å². The molecule has 5 aliphatic rings. The number of piperidine rings is 1. The van der Waals surface area contributed by atoms with Crippen molar-refractivity contribution in [3.63, 3.8) is 0 Å². The number of piperazine rings is 1. The highest BCUT2D eigenvalue weighted by Crippen LogP contribution is 2.47. The molecule has 0 bridgehead atoms. The van der Waals surface area contributed by atoms with E-state index < -0.39 is 11.9 Å². The van der Waals surface area contributed by atoms with Crippen LogP contribution in [0.15, 0.2) is 84.9 Å². The lowest BCUT2D eigenvalue weighted by atomic mass is 9.69. The number of carbonyl (C=O) groups excluding carboxylic acids is 4. The Bertz CT molecular complexity index is 2190. The minimum Gasteiger partial charge on any atom is -0.496 e. The molecule has 294 valence electrons. The van der Waals surface area contributed by atoms with Crippen molar-refractivity contribution < 1.29 is 28.7 Å². The third-order valence-electron chi connectivity index (χ3n) is 13.0. The summed E-state index contributed by atoms with van der Waals surface area (Å²) in [5, 5.41) is 2.36. The lowest BCUT2D eigenvalue weighted by Crippen LogP contribution is -2.52. The number of nitrogens with one attached hydrogen (secondary N) is 1. The van der Waals surface area contributed by atoms with E-state index in [1.54, 1.807) is 12.0 Å². The Morgan fingerprint density at radius 1 is 0.825 bits per heavy atom. The summed E-state index contributed by atoms with van der Waals surface area (Å²) in [4.78, 5) is 57.1. The van der Waals surface area contributed by atoms with Gasteiger partial charge in [0.25, 0.3) is 5.91 Å². The van der Waals surface area contributed by atoms with Crippen LogP contribution in [0.4, 0.5) is 5.69 Å². The van der Waals surface area contributed by atoms with Crippen LogP contribution in [0.25, 0.3) is 0 Å². The van der Waals surface area contributed by atoms with Crippen molar-refractivity contribution in [3.05, 3.63) is 124 Å². The molecule has 0 aromatic heterocycles. The Hall–Kier alpha value is -5.48. The Morgan fingerprint density at radius 3 is 2.33 bits per heavy atom. The number of rotatable bonds is 10. The van der Waals surface area contributed by atoms with Gasteiger partial charge in [0, 0.05) is 62.7 Å². The number of fused-ring (bicyclic) bond motifs is 2. The van der Waals surface area contributed by atoms with Crippen LogP contribution in [0.1, 0.15) is 87.7 Å². The molecule has 1 N–H and O–H groups in total. The van der Waals surface area contributed by atoms with Crippen LogP contribution in [-0.4, -0.2) is 85.3 Å². The molecule has 3 atom stereocenters. The quantitative estimate of drug-likeness (QED) is 0.191. The first-order valence-corrected chi connectivity index (χ1v) is 20.5. The molecule has 2 aliphatic carbocycles. The number of benzene rings is 4. The molecule has 0 radical (unpaired) electrons. The molecule has 9 rings (SSSR count). The van der Waals surface area contributed by atoms with Gasteiger partial charge in [-0.25, -0.2) is 0 Å². The number of methoxy groups -OCH3 is 1. The minimum absolute atomic E-state index is 0.0203. The second kappa shape index (κ2) is 15.5. The molecular formula is C47H50N4O6. The van der Waals surface area contributed by atoms with Gasteiger partial charge in [0.05, 0.1) is 19.2 Å². The van der Waals surface area contributed by atoms with E-state index in [1.807, 2.05) is 12.1 Å². The number of anilines is 1. The zero-order valence-corrected chi connectivity index (χ0v) is 32.7. The summed E-state index contributed by atoms with van der Waals surface area (Å²) in [6.45, 7) is 5.89. The smallest absolute Gasteiger partial charge is 0.258 e. The van der Waals surface area contributed by atoms with Gasteiger partial charge >= 0.3 is 0 Å². The molecule has 10 nitrogen and oxygen atoms in total. The zero-order valence-electron chi connectivity index (χ0n) is 32.7. The van der Waals surface area contributed by atoms with E-state index in [1.165, 1.54) is 27.8 Å². The van der Waals surface area contributed by atoms with E-state index in [0.29, 0.717) is 36.7 Å². The fourth-order valence-electron chi connectivity index (χ4n) is 9.80. The van der Waals surface area contributed by atoms with Crippen LogP contribution in [0.5, 0.6) is 11.5 Å². The average Bonchev–Trinajstić information content (AvgIpc) is 3.54. The molecule has 3 heterocycles. The average molecular weight is 767 g/mol. The van der Waals surface area contributed by atoms with Crippen LogP contribution in [0, 0.1) is 12.8 Å². The van der Waals surface area contributed by atoms with Gasteiger partial charge in [-0.3, -0.25) is 29.4 Å². The lowest BCUT2D eigenvalue weighted by Gasteiger charge is -2.39. The number of aryl methyl sites for hydroxylation is 2. The van der Waals surface area contributed by atoms with Crippen LogP contribution in [0.3, 0.4) is 0 Å². The Balaban J connectivity index is 0.770. The number of carbonyl (C=O) groups is 4. The lowest BCUT2D eigenvalue weighted by molar-refractivity contribution is -0.137. The maximum absolute atomic E-state index is 13.4. The van der Waals surface area contributed by atoms with Crippen molar-refractivity contribution in [1.29, 1.82) is 0 Å². The highest BCUT2D eigenvalue weighted by molar-refractivity contribution is 6.06. The molecule has 2 saturated heterocycles. The molecule has 10 heteroatoms. The standard InChI is InChI=1S/C47H50N4O6/c1-29-8-14-39-32(22-29)11-15-38(30-6-4-3-5-7-30)44(39)31-9-12-36(13-10-31)57-37-24-33(25-37)41(52)28-49-18-20-50(21-19-49)35-23-34-27-51(40-16-17-43(53)48-46(40)54)47(55)45(34)42(26-35)56-2/h3-10,12-14,22-23,26,33,37-38,40,44H,11,15-21,24-25,27-28H2,1-2H3,(H,48,53,54)/t33?,37?,38-,40?,44+/m1/s1. The fraction of sp³-hybridized carbons (Fsp3) is 0.404. The van der Waals surface area contributed by atoms with E-state index in [2.05, 4.69) is 94.8 Å². The first-order valence-electron chi connectivity index (χ1n) is 20.5.